The number of rotatable bonds is 3. The van der Waals surface area contributed by atoms with Gasteiger partial charge >= 0.3 is 0 Å². The quantitative estimate of drug-likeness (QED) is 0.815. The first-order valence-corrected chi connectivity index (χ1v) is 5.79. The summed E-state index contributed by atoms with van der Waals surface area (Å²) in [6.07, 6.45) is -0.606. The minimum Gasteiger partial charge on any atom is -0.389 e. The molecule has 1 atom stereocenters. The van der Waals surface area contributed by atoms with Crippen LogP contribution in [0.4, 0.5) is 8.78 Å². The summed E-state index contributed by atoms with van der Waals surface area (Å²) in [5.74, 6) is -3.33. The summed E-state index contributed by atoms with van der Waals surface area (Å²) in [5.41, 5.74) is -1.23. The SMILES string of the molecule is CC(=O)C(C(C)C)C1(O)CCC(F)(F)CC1. The maximum atomic E-state index is 13.0. The molecule has 0 spiro atoms. The van der Waals surface area contributed by atoms with E-state index in [0.717, 1.165) is 0 Å². The summed E-state index contributed by atoms with van der Waals surface area (Å²) in [6.45, 7) is 5.11. The summed E-state index contributed by atoms with van der Waals surface area (Å²) in [5, 5.41) is 10.3. The average Bonchev–Trinajstić information content (AvgIpc) is 2.10. The molecule has 0 aromatic carbocycles. The van der Waals surface area contributed by atoms with E-state index in [0.29, 0.717) is 0 Å². The highest BCUT2D eigenvalue weighted by Crippen LogP contribution is 2.44. The van der Waals surface area contributed by atoms with Crippen LogP contribution in [0.25, 0.3) is 0 Å². The predicted octanol–water partition coefficient (Wildman–Crippen LogP) is 2.79. The van der Waals surface area contributed by atoms with E-state index in [4.69, 9.17) is 0 Å². The van der Waals surface area contributed by atoms with Crippen molar-refractivity contribution in [2.24, 2.45) is 11.8 Å². The smallest absolute Gasteiger partial charge is 0.248 e. The molecule has 0 saturated heterocycles. The second-order valence-electron chi connectivity index (χ2n) is 5.29. The molecular weight excluding hydrogens is 214 g/mol. The van der Waals surface area contributed by atoms with Gasteiger partial charge in [-0.2, -0.15) is 0 Å². The lowest BCUT2D eigenvalue weighted by atomic mass is 9.69. The summed E-state index contributed by atoms with van der Waals surface area (Å²) < 4.78 is 26.0. The Hall–Kier alpha value is -0.510. The second kappa shape index (κ2) is 4.40. The van der Waals surface area contributed by atoms with Crippen LogP contribution in [-0.2, 0) is 4.79 Å². The van der Waals surface area contributed by atoms with E-state index in [2.05, 4.69) is 0 Å². The molecule has 0 amide bonds. The third kappa shape index (κ3) is 2.78. The van der Waals surface area contributed by atoms with Crippen LogP contribution in [-0.4, -0.2) is 22.4 Å². The summed E-state index contributed by atoms with van der Waals surface area (Å²) in [7, 11) is 0. The second-order valence-corrected chi connectivity index (χ2v) is 5.29. The first kappa shape index (κ1) is 13.6. The Morgan fingerprint density at radius 1 is 1.19 bits per heavy atom. The van der Waals surface area contributed by atoms with Crippen molar-refractivity contribution in [3.8, 4) is 0 Å². The van der Waals surface area contributed by atoms with E-state index >= 15 is 0 Å². The van der Waals surface area contributed by atoms with Gasteiger partial charge in [0.1, 0.15) is 5.78 Å². The van der Waals surface area contributed by atoms with Gasteiger partial charge in [-0.25, -0.2) is 8.78 Å². The van der Waals surface area contributed by atoms with E-state index in [-0.39, 0.29) is 37.4 Å². The number of carbonyl (C=O) groups is 1. The highest BCUT2D eigenvalue weighted by molar-refractivity contribution is 5.79. The molecule has 1 unspecified atom stereocenters. The van der Waals surface area contributed by atoms with E-state index in [1.54, 1.807) is 0 Å². The van der Waals surface area contributed by atoms with Crippen LogP contribution in [0.2, 0.25) is 0 Å². The van der Waals surface area contributed by atoms with Crippen molar-refractivity contribution >= 4 is 5.78 Å². The summed E-state index contributed by atoms with van der Waals surface area (Å²) in [6, 6.07) is 0. The Kier molecular flexibility index (Phi) is 3.72. The van der Waals surface area contributed by atoms with Crippen LogP contribution in [0.5, 0.6) is 0 Å². The maximum Gasteiger partial charge on any atom is 0.248 e. The molecule has 0 heterocycles. The molecule has 94 valence electrons. The molecule has 0 bridgehead atoms. The molecule has 16 heavy (non-hydrogen) atoms. The van der Waals surface area contributed by atoms with E-state index in [1.807, 2.05) is 13.8 Å². The van der Waals surface area contributed by atoms with E-state index in [1.165, 1.54) is 6.92 Å². The normalized spacial score (nSPS) is 25.4. The van der Waals surface area contributed by atoms with Crippen molar-refractivity contribution in [3.63, 3.8) is 0 Å². The third-order valence-corrected chi connectivity index (χ3v) is 3.53. The highest BCUT2D eigenvalue weighted by atomic mass is 19.3. The fraction of sp³-hybridized carbons (Fsp3) is 0.917. The first-order valence-electron chi connectivity index (χ1n) is 5.79. The van der Waals surface area contributed by atoms with Crippen LogP contribution in [0, 0.1) is 11.8 Å². The highest BCUT2D eigenvalue weighted by Gasteiger charge is 2.48. The molecule has 4 heteroatoms. The summed E-state index contributed by atoms with van der Waals surface area (Å²) in [4.78, 5) is 11.5. The molecule has 1 rings (SSSR count). The zero-order chi connectivity index (χ0) is 12.6. The van der Waals surface area contributed by atoms with Crippen molar-refractivity contribution in [3.05, 3.63) is 0 Å². The zero-order valence-electron chi connectivity index (χ0n) is 10.1. The van der Waals surface area contributed by atoms with Crippen LogP contribution in [0.1, 0.15) is 46.5 Å². The zero-order valence-corrected chi connectivity index (χ0v) is 10.1. The van der Waals surface area contributed by atoms with Crippen molar-refractivity contribution in [2.75, 3.05) is 0 Å². The van der Waals surface area contributed by atoms with Gasteiger partial charge in [0.25, 0.3) is 0 Å². The number of ketones is 1. The van der Waals surface area contributed by atoms with Crippen molar-refractivity contribution in [2.45, 2.75) is 58.0 Å². The Morgan fingerprint density at radius 2 is 1.62 bits per heavy atom. The van der Waals surface area contributed by atoms with Gasteiger partial charge in [0, 0.05) is 18.8 Å². The number of hydrogen-bond donors (Lipinski definition) is 1. The monoisotopic (exact) mass is 234 g/mol. The molecule has 1 aliphatic rings. The third-order valence-electron chi connectivity index (χ3n) is 3.53. The Bertz CT molecular complexity index is 264. The first-order chi connectivity index (χ1) is 7.18. The van der Waals surface area contributed by atoms with Gasteiger partial charge in [0.15, 0.2) is 0 Å². The van der Waals surface area contributed by atoms with Crippen LogP contribution >= 0.6 is 0 Å². The minimum atomic E-state index is -2.68. The molecular formula is C12H20F2O2. The molecule has 1 N–H and O–H groups in total. The Morgan fingerprint density at radius 3 is 1.94 bits per heavy atom. The van der Waals surface area contributed by atoms with Gasteiger partial charge in [-0.3, -0.25) is 4.79 Å². The van der Waals surface area contributed by atoms with Gasteiger partial charge < -0.3 is 5.11 Å². The van der Waals surface area contributed by atoms with Gasteiger partial charge in [-0.15, -0.1) is 0 Å². The standard InChI is InChI=1S/C12H20F2O2/c1-8(2)10(9(3)15)11(16)4-6-12(13,14)7-5-11/h8,10,16H,4-7H2,1-3H3. The van der Waals surface area contributed by atoms with E-state index < -0.39 is 17.4 Å². The number of hydrogen-bond acceptors (Lipinski definition) is 2. The number of halogens is 2. The number of carbonyl (C=O) groups excluding carboxylic acids is 1. The molecule has 1 fully saturated rings. The molecule has 1 aliphatic carbocycles. The fourth-order valence-electron chi connectivity index (χ4n) is 2.83. The topological polar surface area (TPSA) is 37.3 Å². The predicted molar refractivity (Wildman–Crippen MR) is 57.4 cm³/mol. The lowest BCUT2D eigenvalue weighted by Crippen LogP contribution is -2.49. The molecule has 0 aromatic rings. The summed E-state index contributed by atoms with van der Waals surface area (Å²) >= 11 is 0. The lowest BCUT2D eigenvalue weighted by Gasteiger charge is -2.42. The van der Waals surface area contributed by atoms with Gasteiger partial charge in [0.05, 0.1) is 5.60 Å². The van der Waals surface area contributed by atoms with Crippen molar-refractivity contribution in [1.82, 2.24) is 0 Å². The van der Waals surface area contributed by atoms with Crippen LogP contribution in [0.3, 0.4) is 0 Å². The molecule has 0 aliphatic heterocycles. The minimum absolute atomic E-state index is 0.0163. The van der Waals surface area contributed by atoms with Crippen molar-refractivity contribution < 1.29 is 18.7 Å². The average molecular weight is 234 g/mol. The van der Waals surface area contributed by atoms with Crippen molar-refractivity contribution in [1.29, 1.82) is 0 Å². The molecule has 2 nitrogen and oxygen atoms in total. The van der Waals surface area contributed by atoms with Gasteiger partial charge in [0.2, 0.25) is 5.92 Å². The van der Waals surface area contributed by atoms with Crippen LogP contribution < -0.4 is 0 Å². The number of Topliss-reactive ketones (excluding diaryl/α,β-unsaturated/α-hetero) is 1. The largest absolute Gasteiger partial charge is 0.389 e. The Balaban J connectivity index is 2.81. The van der Waals surface area contributed by atoms with Gasteiger partial charge in [-0.05, 0) is 25.7 Å². The number of alkyl halides is 2. The molecule has 1 saturated carbocycles. The van der Waals surface area contributed by atoms with E-state index in [9.17, 15) is 18.7 Å². The fourth-order valence-corrected chi connectivity index (χ4v) is 2.83. The van der Waals surface area contributed by atoms with Gasteiger partial charge in [-0.1, -0.05) is 13.8 Å². The lowest BCUT2D eigenvalue weighted by molar-refractivity contribution is -0.152. The van der Waals surface area contributed by atoms with Crippen LogP contribution in [0.15, 0.2) is 0 Å². The molecule has 0 radical (unpaired) electrons. The number of aliphatic hydroxyl groups is 1. The Labute approximate surface area is 95.0 Å². The maximum absolute atomic E-state index is 13.0. The molecule has 0 aromatic heterocycles.